The van der Waals surface area contributed by atoms with Gasteiger partial charge in [0.2, 0.25) is 0 Å². The van der Waals surface area contributed by atoms with Gasteiger partial charge in [0.05, 0.1) is 36.8 Å². The van der Waals surface area contributed by atoms with Gasteiger partial charge in [-0.1, -0.05) is 6.07 Å². The molecule has 202 valence electrons. The molecule has 0 aliphatic carbocycles. The molecule has 1 aliphatic rings. The zero-order valence-electron chi connectivity index (χ0n) is 22.1. The number of methoxy groups -OCH3 is 3. The van der Waals surface area contributed by atoms with Crippen molar-refractivity contribution in [2.75, 3.05) is 21.3 Å². The fraction of sp³-hybridized carbons (Fsp3) is 0.214. The van der Waals surface area contributed by atoms with Crippen molar-refractivity contribution in [1.82, 2.24) is 5.32 Å². The van der Waals surface area contributed by atoms with Gasteiger partial charge in [-0.2, -0.15) is 0 Å². The Balaban J connectivity index is 1.52. The predicted octanol–water partition coefficient (Wildman–Crippen LogP) is 5.71. The Hall–Kier alpha value is -4.51. The highest BCUT2D eigenvalue weighted by molar-refractivity contribution is 8.18. The molecule has 0 atom stereocenters. The molecule has 11 heteroatoms. The lowest BCUT2D eigenvalue weighted by atomic mass is 10.1. The van der Waals surface area contributed by atoms with Crippen LogP contribution in [-0.2, 0) is 11.4 Å². The third kappa shape index (κ3) is 6.32. The van der Waals surface area contributed by atoms with E-state index < -0.39 is 4.92 Å². The summed E-state index contributed by atoms with van der Waals surface area (Å²) in [5, 5.41) is 14.4. The predicted molar refractivity (Wildman–Crippen MR) is 150 cm³/mol. The number of carbonyl (C=O) groups is 1. The Morgan fingerprint density at radius 3 is 2.41 bits per heavy atom. The number of amidine groups is 1. The quantitative estimate of drug-likeness (QED) is 0.205. The maximum atomic E-state index is 12.6. The molecule has 1 heterocycles. The van der Waals surface area contributed by atoms with Gasteiger partial charge in [-0.05, 0) is 79.2 Å². The van der Waals surface area contributed by atoms with Gasteiger partial charge in [0.25, 0.3) is 11.6 Å². The monoisotopic (exact) mass is 549 g/mol. The number of carbonyl (C=O) groups excluding carboxylic acids is 1. The zero-order chi connectivity index (χ0) is 28.1. The third-order valence-corrected chi connectivity index (χ3v) is 6.97. The topological polar surface area (TPSA) is 122 Å². The first kappa shape index (κ1) is 27.5. The summed E-state index contributed by atoms with van der Waals surface area (Å²) in [6, 6.07) is 13.9. The molecule has 1 saturated heterocycles. The Kier molecular flexibility index (Phi) is 8.40. The van der Waals surface area contributed by atoms with Gasteiger partial charge >= 0.3 is 0 Å². The van der Waals surface area contributed by atoms with E-state index >= 15 is 0 Å². The Labute approximate surface area is 229 Å². The highest BCUT2D eigenvalue weighted by atomic mass is 32.2. The number of nitrogens with zero attached hydrogens (tertiary/aromatic N) is 2. The SMILES string of the molecule is COc1ccc(OC)c(COc2ccc(/C=C3\SC(=Nc4cc(C)c(C)c([N+](=O)[O-])c4)NC3=O)cc2OC)c1. The van der Waals surface area contributed by atoms with Crippen LogP contribution in [0.5, 0.6) is 23.0 Å². The number of nitro groups is 1. The number of rotatable bonds is 9. The largest absolute Gasteiger partial charge is 0.497 e. The van der Waals surface area contributed by atoms with Crippen LogP contribution in [0, 0.1) is 24.0 Å². The summed E-state index contributed by atoms with van der Waals surface area (Å²) in [5.74, 6) is 2.06. The van der Waals surface area contributed by atoms with Crippen LogP contribution in [0.3, 0.4) is 0 Å². The number of nitro benzene ring substituents is 1. The first-order valence-electron chi connectivity index (χ1n) is 11.8. The maximum Gasteiger partial charge on any atom is 0.274 e. The minimum absolute atomic E-state index is 0.0151. The summed E-state index contributed by atoms with van der Waals surface area (Å²) in [5.41, 5.74) is 3.23. The molecule has 10 nitrogen and oxygen atoms in total. The number of hydrogen-bond donors (Lipinski definition) is 1. The molecule has 0 spiro atoms. The van der Waals surface area contributed by atoms with E-state index in [1.807, 2.05) is 24.3 Å². The molecule has 0 saturated carbocycles. The van der Waals surface area contributed by atoms with Crippen LogP contribution < -0.4 is 24.3 Å². The van der Waals surface area contributed by atoms with Crippen LogP contribution in [0.25, 0.3) is 6.08 Å². The van der Waals surface area contributed by atoms with Crippen LogP contribution in [0.2, 0.25) is 0 Å². The van der Waals surface area contributed by atoms with Crippen LogP contribution >= 0.6 is 11.8 Å². The number of thioether (sulfide) groups is 1. The van der Waals surface area contributed by atoms with Crippen molar-refractivity contribution in [3.8, 4) is 23.0 Å². The molecule has 39 heavy (non-hydrogen) atoms. The lowest BCUT2D eigenvalue weighted by Gasteiger charge is -2.14. The number of aryl methyl sites for hydroxylation is 1. The summed E-state index contributed by atoms with van der Waals surface area (Å²) >= 11 is 1.15. The minimum Gasteiger partial charge on any atom is -0.497 e. The van der Waals surface area contributed by atoms with Crippen molar-refractivity contribution >= 4 is 40.3 Å². The molecule has 4 rings (SSSR count). The summed E-state index contributed by atoms with van der Waals surface area (Å²) in [4.78, 5) is 28.4. The van der Waals surface area contributed by atoms with Crippen molar-refractivity contribution < 1.29 is 28.7 Å². The number of aliphatic imine (C=N–C) groups is 1. The summed E-state index contributed by atoms with van der Waals surface area (Å²) in [7, 11) is 4.72. The van der Waals surface area contributed by atoms with E-state index in [0.717, 1.165) is 28.5 Å². The number of benzene rings is 3. The van der Waals surface area contributed by atoms with Crippen LogP contribution in [0.4, 0.5) is 11.4 Å². The average molecular weight is 550 g/mol. The van der Waals surface area contributed by atoms with Crippen molar-refractivity contribution in [3.05, 3.63) is 85.8 Å². The number of amides is 1. The van der Waals surface area contributed by atoms with E-state index in [-0.39, 0.29) is 18.2 Å². The van der Waals surface area contributed by atoms with Crippen LogP contribution in [-0.4, -0.2) is 37.3 Å². The zero-order valence-corrected chi connectivity index (χ0v) is 22.9. The van der Waals surface area contributed by atoms with E-state index in [2.05, 4.69) is 10.3 Å². The molecule has 0 unspecified atom stereocenters. The van der Waals surface area contributed by atoms with Crippen LogP contribution in [0.1, 0.15) is 22.3 Å². The lowest BCUT2D eigenvalue weighted by Crippen LogP contribution is -2.19. The molecule has 1 N–H and O–H groups in total. The van der Waals surface area contributed by atoms with Gasteiger partial charge < -0.3 is 24.3 Å². The second kappa shape index (κ2) is 11.9. The summed E-state index contributed by atoms with van der Waals surface area (Å²) < 4.78 is 22.2. The fourth-order valence-electron chi connectivity index (χ4n) is 3.87. The fourth-order valence-corrected chi connectivity index (χ4v) is 4.71. The molecular weight excluding hydrogens is 522 g/mol. The third-order valence-electron chi connectivity index (χ3n) is 6.06. The molecular formula is C28H27N3O7S. The smallest absolute Gasteiger partial charge is 0.274 e. The van der Waals surface area contributed by atoms with Crippen LogP contribution in [0.15, 0.2) is 58.4 Å². The summed E-state index contributed by atoms with van der Waals surface area (Å²) in [6.45, 7) is 3.70. The standard InChI is InChI=1S/C28H27N3O7S/c1-16-10-20(14-22(17(16)2)31(33)34)29-28-30-27(32)26(39-28)12-18-6-8-24(25(11-18)37-5)38-15-19-13-21(35-3)7-9-23(19)36-4/h6-14H,15H2,1-5H3,(H,29,30,32)/b26-12-. The maximum absolute atomic E-state index is 12.6. The number of ether oxygens (including phenoxy) is 4. The van der Waals surface area contributed by atoms with E-state index in [9.17, 15) is 14.9 Å². The number of nitrogens with one attached hydrogen (secondary N) is 1. The van der Waals surface area contributed by atoms with Crippen molar-refractivity contribution in [2.45, 2.75) is 20.5 Å². The molecule has 1 fully saturated rings. The molecule has 1 aliphatic heterocycles. The Morgan fingerprint density at radius 1 is 0.974 bits per heavy atom. The Bertz CT molecular complexity index is 1500. The van der Waals surface area contributed by atoms with Gasteiger partial charge in [0.15, 0.2) is 16.7 Å². The lowest BCUT2D eigenvalue weighted by molar-refractivity contribution is -0.385. The van der Waals surface area contributed by atoms with E-state index in [1.165, 1.54) is 13.2 Å². The van der Waals surface area contributed by atoms with E-state index in [0.29, 0.717) is 44.3 Å². The van der Waals surface area contributed by atoms with Gasteiger partial charge in [-0.25, -0.2) is 4.99 Å². The normalized spacial score (nSPS) is 14.8. The van der Waals surface area contributed by atoms with Crippen molar-refractivity contribution in [3.63, 3.8) is 0 Å². The first-order valence-corrected chi connectivity index (χ1v) is 12.6. The van der Waals surface area contributed by atoms with Gasteiger partial charge in [-0.15, -0.1) is 0 Å². The van der Waals surface area contributed by atoms with Gasteiger partial charge in [0.1, 0.15) is 18.1 Å². The first-order chi connectivity index (χ1) is 18.7. The molecule has 0 aromatic heterocycles. The second-order valence-corrected chi connectivity index (χ2v) is 9.55. The molecule has 0 bridgehead atoms. The Morgan fingerprint density at radius 2 is 1.72 bits per heavy atom. The van der Waals surface area contributed by atoms with Gasteiger partial charge in [0, 0.05) is 17.2 Å². The molecule has 0 radical (unpaired) electrons. The minimum atomic E-state index is -0.439. The van der Waals surface area contributed by atoms with E-state index in [1.54, 1.807) is 52.3 Å². The van der Waals surface area contributed by atoms with E-state index in [4.69, 9.17) is 18.9 Å². The average Bonchev–Trinajstić information content (AvgIpc) is 3.27. The van der Waals surface area contributed by atoms with Gasteiger partial charge in [-0.3, -0.25) is 14.9 Å². The number of hydrogen-bond acceptors (Lipinski definition) is 9. The second-order valence-electron chi connectivity index (χ2n) is 8.52. The van der Waals surface area contributed by atoms with Crippen molar-refractivity contribution in [2.24, 2.45) is 4.99 Å². The highest BCUT2D eigenvalue weighted by Gasteiger charge is 2.25. The van der Waals surface area contributed by atoms with Crippen molar-refractivity contribution in [1.29, 1.82) is 0 Å². The molecule has 1 amide bonds. The molecule has 3 aromatic carbocycles. The summed E-state index contributed by atoms with van der Waals surface area (Å²) in [6.07, 6.45) is 1.71. The highest BCUT2D eigenvalue weighted by Crippen LogP contribution is 2.35. The molecule has 3 aromatic rings.